The summed E-state index contributed by atoms with van der Waals surface area (Å²) in [5.41, 5.74) is -0.253. The first-order valence-corrected chi connectivity index (χ1v) is 7.12. The second-order valence-corrected chi connectivity index (χ2v) is 5.53. The molecule has 1 aromatic rings. The second kappa shape index (κ2) is 6.56. The SMILES string of the molecule is CN(CCO)C(=O)NC(c1cccc(C(F)(F)F)c1)C1CC1. The molecule has 0 spiro atoms. The minimum Gasteiger partial charge on any atom is -0.395 e. The summed E-state index contributed by atoms with van der Waals surface area (Å²) in [7, 11) is 1.53. The zero-order valence-electron chi connectivity index (χ0n) is 12.2. The maximum atomic E-state index is 12.8. The highest BCUT2D eigenvalue weighted by atomic mass is 19.4. The van der Waals surface area contributed by atoms with Gasteiger partial charge in [-0.25, -0.2) is 4.79 Å². The number of halogens is 3. The number of urea groups is 1. The van der Waals surface area contributed by atoms with Crippen molar-refractivity contribution in [3.63, 3.8) is 0 Å². The number of hydrogen-bond acceptors (Lipinski definition) is 2. The quantitative estimate of drug-likeness (QED) is 0.877. The van der Waals surface area contributed by atoms with Crippen LogP contribution in [-0.2, 0) is 6.18 Å². The third-order valence-corrected chi connectivity index (χ3v) is 3.73. The minimum absolute atomic E-state index is 0.162. The number of alkyl halides is 3. The molecule has 0 heterocycles. The van der Waals surface area contributed by atoms with E-state index < -0.39 is 23.8 Å². The number of aliphatic hydroxyl groups excluding tert-OH is 1. The van der Waals surface area contributed by atoms with Gasteiger partial charge in [-0.1, -0.05) is 12.1 Å². The molecular weight excluding hydrogens is 297 g/mol. The Morgan fingerprint density at radius 3 is 2.68 bits per heavy atom. The van der Waals surface area contributed by atoms with Crippen LogP contribution in [0.25, 0.3) is 0 Å². The lowest BCUT2D eigenvalue weighted by atomic mass is 10.00. The fourth-order valence-corrected chi connectivity index (χ4v) is 2.31. The Labute approximate surface area is 126 Å². The van der Waals surface area contributed by atoms with Crippen LogP contribution in [0.15, 0.2) is 24.3 Å². The zero-order valence-corrected chi connectivity index (χ0v) is 12.2. The summed E-state index contributed by atoms with van der Waals surface area (Å²) in [6.45, 7) is 0.00733. The molecule has 0 aliphatic heterocycles. The molecule has 1 unspecified atom stereocenters. The number of likely N-dealkylation sites (N-methyl/N-ethyl adjacent to an activating group) is 1. The van der Waals surface area contributed by atoms with E-state index in [0.717, 1.165) is 25.0 Å². The van der Waals surface area contributed by atoms with Crippen LogP contribution in [0, 0.1) is 5.92 Å². The van der Waals surface area contributed by atoms with Crippen LogP contribution in [0.4, 0.5) is 18.0 Å². The minimum atomic E-state index is -4.40. The van der Waals surface area contributed by atoms with Crippen LogP contribution < -0.4 is 5.32 Å². The average molecular weight is 316 g/mol. The molecule has 0 radical (unpaired) electrons. The van der Waals surface area contributed by atoms with E-state index in [1.807, 2.05) is 0 Å². The van der Waals surface area contributed by atoms with Crippen molar-refractivity contribution in [2.24, 2.45) is 5.92 Å². The Morgan fingerprint density at radius 1 is 1.45 bits per heavy atom. The largest absolute Gasteiger partial charge is 0.416 e. The van der Waals surface area contributed by atoms with Crippen LogP contribution in [0.2, 0.25) is 0 Å². The van der Waals surface area contributed by atoms with Crippen molar-refractivity contribution in [1.82, 2.24) is 10.2 Å². The number of aliphatic hydroxyl groups is 1. The van der Waals surface area contributed by atoms with Crippen molar-refractivity contribution in [1.29, 1.82) is 0 Å². The van der Waals surface area contributed by atoms with Gasteiger partial charge in [-0.05, 0) is 36.5 Å². The van der Waals surface area contributed by atoms with Crippen molar-refractivity contribution in [3.8, 4) is 0 Å². The molecule has 2 N–H and O–H groups in total. The third-order valence-electron chi connectivity index (χ3n) is 3.73. The first-order chi connectivity index (χ1) is 10.3. The number of nitrogens with zero attached hydrogens (tertiary/aromatic N) is 1. The Hall–Kier alpha value is -1.76. The number of amides is 2. The van der Waals surface area contributed by atoms with Gasteiger partial charge in [0.05, 0.1) is 18.2 Å². The molecule has 2 rings (SSSR count). The van der Waals surface area contributed by atoms with Gasteiger partial charge in [-0.2, -0.15) is 13.2 Å². The summed E-state index contributed by atoms with van der Waals surface area (Å²) in [6.07, 6.45) is -2.64. The summed E-state index contributed by atoms with van der Waals surface area (Å²) < 4.78 is 38.4. The Balaban J connectivity index is 2.17. The third kappa shape index (κ3) is 4.13. The number of rotatable bonds is 5. The molecule has 0 bridgehead atoms. The normalized spacial score (nSPS) is 16.2. The molecule has 0 saturated heterocycles. The highest BCUT2D eigenvalue weighted by Gasteiger charge is 2.36. The molecule has 4 nitrogen and oxygen atoms in total. The van der Waals surface area contributed by atoms with E-state index >= 15 is 0 Å². The highest BCUT2D eigenvalue weighted by Crippen LogP contribution is 2.42. The van der Waals surface area contributed by atoms with E-state index in [1.54, 1.807) is 6.07 Å². The molecule has 122 valence electrons. The number of nitrogens with one attached hydrogen (secondary N) is 1. The van der Waals surface area contributed by atoms with Crippen LogP contribution in [0.5, 0.6) is 0 Å². The van der Waals surface area contributed by atoms with Crippen molar-refractivity contribution in [2.75, 3.05) is 20.2 Å². The predicted molar refractivity (Wildman–Crippen MR) is 75.2 cm³/mol. The Morgan fingerprint density at radius 2 is 2.14 bits per heavy atom. The first-order valence-electron chi connectivity index (χ1n) is 7.12. The van der Waals surface area contributed by atoms with Gasteiger partial charge in [0, 0.05) is 13.6 Å². The van der Waals surface area contributed by atoms with Gasteiger partial charge in [0.25, 0.3) is 0 Å². The Bertz CT molecular complexity index is 530. The molecule has 2 amide bonds. The number of benzene rings is 1. The van der Waals surface area contributed by atoms with Crippen LogP contribution in [-0.4, -0.2) is 36.2 Å². The summed E-state index contributed by atoms with van der Waals surface area (Å²) in [5, 5.41) is 11.6. The fourth-order valence-electron chi connectivity index (χ4n) is 2.31. The lowest BCUT2D eigenvalue weighted by molar-refractivity contribution is -0.137. The van der Waals surface area contributed by atoms with E-state index in [0.29, 0.717) is 5.56 Å². The standard InChI is InChI=1S/C15H19F3N2O2/c1-20(7-8-21)14(22)19-13(10-5-6-10)11-3-2-4-12(9-11)15(16,17)18/h2-4,9-10,13,21H,5-8H2,1H3,(H,19,22). The van der Waals surface area contributed by atoms with Gasteiger partial charge < -0.3 is 15.3 Å². The van der Waals surface area contributed by atoms with Gasteiger partial charge in [-0.15, -0.1) is 0 Å². The van der Waals surface area contributed by atoms with Crippen LogP contribution >= 0.6 is 0 Å². The molecule has 22 heavy (non-hydrogen) atoms. The zero-order chi connectivity index (χ0) is 16.3. The van der Waals surface area contributed by atoms with Gasteiger partial charge in [0.15, 0.2) is 0 Å². The van der Waals surface area contributed by atoms with E-state index in [4.69, 9.17) is 5.11 Å². The molecular formula is C15H19F3N2O2. The first kappa shape index (κ1) is 16.6. The monoisotopic (exact) mass is 316 g/mol. The van der Waals surface area contributed by atoms with E-state index in [-0.39, 0.29) is 19.1 Å². The number of carbonyl (C=O) groups is 1. The van der Waals surface area contributed by atoms with Gasteiger partial charge >= 0.3 is 12.2 Å². The highest BCUT2D eigenvalue weighted by molar-refractivity contribution is 5.74. The molecule has 7 heteroatoms. The molecule has 1 aliphatic carbocycles. The molecule has 1 aliphatic rings. The van der Waals surface area contributed by atoms with Crippen molar-refractivity contribution in [2.45, 2.75) is 25.1 Å². The van der Waals surface area contributed by atoms with Crippen molar-refractivity contribution < 1.29 is 23.1 Å². The van der Waals surface area contributed by atoms with E-state index in [2.05, 4.69) is 5.32 Å². The molecule has 0 aromatic heterocycles. The van der Waals surface area contributed by atoms with Crippen LogP contribution in [0.1, 0.15) is 30.0 Å². The topological polar surface area (TPSA) is 52.6 Å². The van der Waals surface area contributed by atoms with Crippen LogP contribution in [0.3, 0.4) is 0 Å². The average Bonchev–Trinajstić information content (AvgIpc) is 3.28. The molecule has 1 fully saturated rings. The number of carbonyl (C=O) groups excluding carboxylic acids is 1. The molecule has 1 atom stereocenters. The summed E-state index contributed by atoms with van der Waals surface area (Å²) in [5.74, 6) is 0.162. The van der Waals surface area contributed by atoms with Crippen molar-refractivity contribution >= 4 is 6.03 Å². The smallest absolute Gasteiger partial charge is 0.395 e. The predicted octanol–water partition coefficient (Wildman–Crippen LogP) is 2.79. The van der Waals surface area contributed by atoms with Gasteiger partial charge in [0.1, 0.15) is 0 Å². The molecule has 1 saturated carbocycles. The number of hydrogen-bond donors (Lipinski definition) is 2. The van der Waals surface area contributed by atoms with E-state index in [1.165, 1.54) is 18.0 Å². The van der Waals surface area contributed by atoms with Crippen molar-refractivity contribution in [3.05, 3.63) is 35.4 Å². The summed E-state index contributed by atoms with van der Waals surface area (Å²) in [4.78, 5) is 13.3. The Kier molecular flexibility index (Phi) is 4.95. The lowest BCUT2D eigenvalue weighted by Gasteiger charge is -2.24. The maximum absolute atomic E-state index is 12.8. The molecule has 1 aromatic carbocycles. The maximum Gasteiger partial charge on any atom is 0.416 e. The summed E-state index contributed by atoms with van der Waals surface area (Å²) >= 11 is 0. The van der Waals surface area contributed by atoms with Gasteiger partial charge in [0.2, 0.25) is 0 Å². The van der Waals surface area contributed by atoms with Gasteiger partial charge in [-0.3, -0.25) is 0 Å². The fraction of sp³-hybridized carbons (Fsp3) is 0.533. The lowest BCUT2D eigenvalue weighted by Crippen LogP contribution is -2.41. The second-order valence-electron chi connectivity index (χ2n) is 5.53. The summed E-state index contributed by atoms with van der Waals surface area (Å²) in [6, 6.07) is 4.24. The van der Waals surface area contributed by atoms with E-state index in [9.17, 15) is 18.0 Å².